The summed E-state index contributed by atoms with van der Waals surface area (Å²) in [5, 5.41) is 0. The second-order valence-corrected chi connectivity index (χ2v) is 5.25. The van der Waals surface area contributed by atoms with Crippen LogP contribution in [0.1, 0.15) is 27.7 Å². The molecule has 0 bridgehead atoms. The van der Waals surface area contributed by atoms with Gasteiger partial charge < -0.3 is 23.7 Å². The Morgan fingerprint density at radius 1 is 1.04 bits per heavy atom. The van der Waals surface area contributed by atoms with Crippen LogP contribution in [-0.4, -0.2) is 61.1 Å². The SMILES string of the molecule is CC(=O)OCC1O[C@@H]2OC(C)=NC2C(OC(C)=O)[C@H]1OC(C)=O. The second kappa shape index (κ2) is 6.95. The number of fused-ring (bicyclic) bond motifs is 1. The van der Waals surface area contributed by atoms with E-state index in [9.17, 15) is 14.4 Å². The molecule has 0 aromatic carbocycles. The van der Waals surface area contributed by atoms with E-state index >= 15 is 0 Å². The van der Waals surface area contributed by atoms with E-state index in [4.69, 9.17) is 23.7 Å². The van der Waals surface area contributed by atoms with Gasteiger partial charge in [0.1, 0.15) is 12.7 Å². The summed E-state index contributed by atoms with van der Waals surface area (Å²) in [6.07, 6.45) is -3.50. The smallest absolute Gasteiger partial charge is 0.303 e. The Morgan fingerprint density at radius 3 is 2.22 bits per heavy atom. The molecule has 1 saturated heterocycles. The Balaban J connectivity index is 2.26. The third-order valence-electron chi connectivity index (χ3n) is 3.29. The van der Waals surface area contributed by atoms with Crippen molar-refractivity contribution in [2.75, 3.05) is 6.61 Å². The molecule has 2 rings (SSSR count). The van der Waals surface area contributed by atoms with Crippen LogP contribution < -0.4 is 0 Å². The fraction of sp³-hybridized carbons (Fsp3) is 0.714. The number of rotatable bonds is 4. The first-order chi connectivity index (χ1) is 10.8. The molecule has 2 aliphatic rings. The summed E-state index contributed by atoms with van der Waals surface area (Å²) in [5.74, 6) is -1.28. The highest BCUT2D eigenvalue weighted by atomic mass is 16.7. The first-order valence-corrected chi connectivity index (χ1v) is 7.12. The molecule has 1 fully saturated rings. The Labute approximate surface area is 132 Å². The number of aliphatic imine (C=N–C) groups is 1. The van der Waals surface area contributed by atoms with Gasteiger partial charge in [-0.2, -0.15) is 0 Å². The molecule has 0 aromatic rings. The summed E-state index contributed by atoms with van der Waals surface area (Å²) in [7, 11) is 0. The highest BCUT2D eigenvalue weighted by molar-refractivity contribution is 5.75. The summed E-state index contributed by atoms with van der Waals surface area (Å²) in [6.45, 7) is 5.17. The van der Waals surface area contributed by atoms with E-state index in [1.807, 2.05) is 0 Å². The quantitative estimate of drug-likeness (QED) is 0.522. The lowest BCUT2D eigenvalue weighted by Gasteiger charge is -2.40. The first kappa shape index (κ1) is 17.2. The van der Waals surface area contributed by atoms with Crippen molar-refractivity contribution in [3.8, 4) is 0 Å². The van der Waals surface area contributed by atoms with Gasteiger partial charge in [-0.15, -0.1) is 0 Å². The highest BCUT2D eigenvalue weighted by Crippen LogP contribution is 2.32. The van der Waals surface area contributed by atoms with Gasteiger partial charge in [0.05, 0.1) is 0 Å². The van der Waals surface area contributed by atoms with E-state index in [1.165, 1.54) is 20.8 Å². The van der Waals surface area contributed by atoms with Crippen molar-refractivity contribution in [2.45, 2.75) is 58.3 Å². The van der Waals surface area contributed by atoms with Gasteiger partial charge >= 0.3 is 17.9 Å². The number of esters is 3. The predicted octanol–water partition coefficient (Wildman–Crippen LogP) is -0.0450. The van der Waals surface area contributed by atoms with Gasteiger partial charge in [0.25, 0.3) is 0 Å². The summed E-state index contributed by atoms with van der Waals surface area (Å²) in [6, 6.07) is -0.656. The van der Waals surface area contributed by atoms with Gasteiger partial charge in [0.15, 0.2) is 24.1 Å². The number of hydrogen-bond acceptors (Lipinski definition) is 9. The van der Waals surface area contributed by atoms with Gasteiger partial charge in [-0.3, -0.25) is 14.4 Å². The molecule has 0 saturated carbocycles. The van der Waals surface area contributed by atoms with Crippen LogP contribution in [0.4, 0.5) is 0 Å². The molecule has 0 aromatic heterocycles. The lowest BCUT2D eigenvalue weighted by molar-refractivity contribution is -0.249. The molecule has 0 spiro atoms. The molecule has 5 atom stereocenters. The van der Waals surface area contributed by atoms with Crippen LogP contribution in [0.15, 0.2) is 4.99 Å². The summed E-state index contributed by atoms with van der Waals surface area (Å²) >= 11 is 0. The molecule has 128 valence electrons. The molecule has 9 nitrogen and oxygen atoms in total. The largest absolute Gasteiger partial charge is 0.463 e. The number of ether oxygens (including phenoxy) is 5. The molecule has 3 unspecified atom stereocenters. The van der Waals surface area contributed by atoms with Crippen LogP contribution in [-0.2, 0) is 38.1 Å². The summed E-state index contributed by atoms with van der Waals surface area (Å²) < 4.78 is 26.5. The topological polar surface area (TPSA) is 110 Å². The van der Waals surface area contributed by atoms with Crippen molar-refractivity contribution in [3.05, 3.63) is 0 Å². The van der Waals surface area contributed by atoms with Crippen LogP contribution in [0.2, 0.25) is 0 Å². The Bertz CT molecular complexity index is 531. The maximum absolute atomic E-state index is 11.4. The standard InChI is InChI=1S/C14H19NO8/c1-6-15-11-13(22-9(4)18)12(21-8(3)17)10(5-19-7(2)16)23-14(11)20-6/h10-14H,5H2,1-4H3/t10?,11?,12-,13?,14-/m0/s1. The third kappa shape index (κ3) is 4.19. The van der Waals surface area contributed by atoms with Crippen molar-refractivity contribution in [2.24, 2.45) is 4.99 Å². The van der Waals surface area contributed by atoms with Gasteiger partial charge in [-0.1, -0.05) is 0 Å². The van der Waals surface area contributed by atoms with E-state index in [0.29, 0.717) is 5.90 Å². The number of carbonyl (C=O) groups is 3. The molecule has 0 aliphatic carbocycles. The van der Waals surface area contributed by atoms with Crippen LogP contribution in [0.25, 0.3) is 0 Å². The minimum absolute atomic E-state index is 0.170. The van der Waals surface area contributed by atoms with Crippen LogP contribution in [0, 0.1) is 0 Å². The van der Waals surface area contributed by atoms with E-state index in [1.54, 1.807) is 6.92 Å². The molecule has 0 amide bonds. The summed E-state index contributed by atoms with van der Waals surface area (Å²) in [5.41, 5.74) is 0. The maximum Gasteiger partial charge on any atom is 0.303 e. The average molecular weight is 329 g/mol. The van der Waals surface area contributed by atoms with Gasteiger partial charge in [-0.05, 0) is 0 Å². The highest BCUT2D eigenvalue weighted by Gasteiger charge is 2.53. The molecule has 0 N–H and O–H groups in total. The maximum atomic E-state index is 11.4. The van der Waals surface area contributed by atoms with Crippen molar-refractivity contribution < 1.29 is 38.1 Å². The zero-order valence-electron chi connectivity index (χ0n) is 13.3. The van der Waals surface area contributed by atoms with Crippen LogP contribution >= 0.6 is 0 Å². The Kier molecular flexibility index (Phi) is 5.19. The zero-order chi connectivity index (χ0) is 17.1. The van der Waals surface area contributed by atoms with Gasteiger partial charge in [0.2, 0.25) is 6.29 Å². The van der Waals surface area contributed by atoms with Crippen LogP contribution in [0.3, 0.4) is 0 Å². The number of nitrogens with zero attached hydrogens (tertiary/aromatic N) is 1. The van der Waals surface area contributed by atoms with Crippen LogP contribution in [0.5, 0.6) is 0 Å². The zero-order valence-corrected chi connectivity index (χ0v) is 13.3. The minimum atomic E-state index is -0.963. The van der Waals surface area contributed by atoms with Crippen molar-refractivity contribution in [1.82, 2.24) is 0 Å². The fourth-order valence-corrected chi connectivity index (χ4v) is 2.53. The molecule has 2 aliphatic heterocycles. The van der Waals surface area contributed by atoms with E-state index < -0.39 is 48.6 Å². The molecule has 9 heteroatoms. The van der Waals surface area contributed by atoms with Gasteiger partial charge in [-0.25, -0.2) is 4.99 Å². The lowest BCUT2D eigenvalue weighted by Crippen LogP contribution is -2.60. The molecule has 0 radical (unpaired) electrons. The van der Waals surface area contributed by atoms with E-state index in [0.717, 1.165) is 0 Å². The lowest BCUT2D eigenvalue weighted by atomic mass is 9.97. The Morgan fingerprint density at radius 2 is 1.65 bits per heavy atom. The summed E-state index contributed by atoms with van der Waals surface area (Å²) in [4.78, 5) is 38.1. The van der Waals surface area contributed by atoms with E-state index in [2.05, 4.69) is 4.99 Å². The number of hydrogen-bond donors (Lipinski definition) is 0. The van der Waals surface area contributed by atoms with E-state index in [-0.39, 0.29) is 6.61 Å². The van der Waals surface area contributed by atoms with Crippen molar-refractivity contribution >= 4 is 23.8 Å². The van der Waals surface area contributed by atoms with Crippen molar-refractivity contribution in [1.29, 1.82) is 0 Å². The molecule has 23 heavy (non-hydrogen) atoms. The normalized spacial score (nSPS) is 32.2. The molecular formula is C14H19NO8. The average Bonchev–Trinajstić information content (AvgIpc) is 2.78. The first-order valence-electron chi connectivity index (χ1n) is 7.12. The molecule has 2 heterocycles. The molecular weight excluding hydrogens is 310 g/mol. The minimum Gasteiger partial charge on any atom is -0.463 e. The van der Waals surface area contributed by atoms with Crippen molar-refractivity contribution in [3.63, 3.8) is 0 Å². The van der Waals surface area contributed by atoms with Gasteiger partial charge in [0, 0.05) is 27.7 Å². The second-order valence-electron chi connectivity index (χ2n) is 5.25. The monoisotopic (exact) mass is 329 g/mol. The Hall–Kier alpha value is -2.16. The fourth-order valence-electron chi connectivity index (χ4n) is 2.53. The third-order valence-corrected chi connectivity index (χ3v) is 3.29. The predicted molar refractivity (Wildman–Crippen MR) is 74.4 cm³/mol. The number of carbonyl (C=O) groups excluding carboxylic acids is 3.